The summed E-state index contributed by atoms with van der Waals surface area (Å²) in [5.74, 6) is 1.03. The number of hydrogen-bond donors (Lipinski definition) is 2. The Morgan fingerprint density at radius 2 is 1.89 bits per heavy atom. The van der Waals surface area contributed by atoms with Gasteiger partial charge in [0.2, 0.25) is 0 Å². The summed E-state index contributed by atoms with van der Waals surface area (Å²) in [7, 11) is 1.51. The molecule has 0 spiro atoms. The van der Waals surface area contributed by atoms with Gasteiger partial charge >= 0.3 is 6.09 Å². The van der Waals surface area contributed by atoms with Gasteiger partial charge in [-0.25, -0.2) is 14.8 Å². The van der Waals surface area contributed by atoms with E-state index in [0.717, 1.165) is 42.4 Å². The second-order valence-corrected chi connectivity index (χ2v) is 11.2. The largest absolute Gasteiger partial charge is 0.490 e. The molecule has 1 aromatic heterocycles. The molecule has 1 aromatic carbocycles. The number of halogens is 1. The van der Waals surface area contributed by atoms with Gasteiger partial charge in [0.25, 0.3) is 0 Å². The molecule has 0 aliphatic heterocycles. The van der Waals surface area contributed by atoms with Gasteiger partial charge in [-0.05, 0) is 72.4 Å². The summed E-state index contributed by atoms with van der Waals surface area (Å²) >= 11 is 6.80. The number of carbonyl (C=O) groups is 1. The topological polar surface area (TPSA) is 121 Å². The van der Waals surface area contributed by atoms with Gasteiger partial charge in [-0.1, -0.05) is 16.8 Å². The quantitative estimate of drug-likeness (QED) is 0.534. The standard InChI is InChI=1S/C26H34ClN5O4/c1-25(2,3)36-24(33)31-14-7-9-15(10-8-14)35-16-11-17-19(18(27)12-16)21-20(23(28)30-13-29-21)26(4,5)22(17)32-34-6/h11-15H,7-10H2,1-6H3,(H,31,33)(H2,28,29,30)/b32-22+/t14-,15-. The van der Waals surface area contributed by atoms with E-state index in [2.05, 4.69) is 20.4 Å². The van der Waals surface area contributed by atoms with Crippen LogP contribution in [-0.4, -0.2) is 46.6 Å². The average molecular weight is 516 g/mol. The van der Waals surface area contributed by atoms with Crippen LogP contribution in [0.3, 0.4) is 0 Å². The molecule has 2 aliphatic rings. The first-order chi connectivity index (χ1) is 16.9. The van der Waals surface area contributed by atoms with Crippen LogP contribution in [0.5, 0.6) is 5.75 Å². The second-order valence-electron chi connectivity index (χ2n) is 10.8. The minimum absolute atomic E-state index is 0.000438. The van der Waals surface area contributed by atoms with E-state index in [-0.39, 0.29) is 18.2 Å². The van der Waals surface area contributed by atoms with E-state index in [1.807, 2.05) is 40.7 Å². The molecule has 36 heavy (non-hydrogen) atoms. The van der Waals surface area contributed by atoms with Crippen LogP contribution >= 0.6 is 11.6 Å². The maximum absolute atomic E-state index is 12.1. The number of nitrogens with two attached hydrogens (primary N) is 1. The van der Waals surface area contributed by atoms with Crippen molar-refractivity contribution in [2.45, 2.75) is 83.5 Å². The number of amides is 1. The van der Waals surface area contributed by atoms with E-state index in [1.54, 1.807) is 6.07 Å². The van der Waals surface area contributed by atoms with Crippen molar-refractivity contribution >= 4 is 29.2 Å². The summed E-state index contributed by atoms with van der Waals surface area (Å²) in [6, 6.07) is 3.80. The monoisotopic (exact) mass is 515 g/mol. The molecule has 0 unspecified atom stereocenters. The summed E-state index contributed by atoms with van der Waals surface area (Å²) < 4.78 is 11.7. The lowest BCUT2D eigenvalue weighted by Gasteiger charge is -2.35. The molecule has 1 amide bonds. The number of alkyl carbamates (subject to hydrolysis) is 1. The normalized spacial score (nSPS) is 21.8. The number of rotatable bonds is 4. The lowest BCUT2D eigenvalue weighted by molar-refractivity contribution is 0.0471. The molecule has 4 rings (SSSR count). The molecule has 2 aromatic rings. The van der Waals surface area contributed by atoms with Crippen LogP contribution in [0.2, 0.25) is 5.02 Å². The summed E-state index contributed by atoms with van der Waals surface area (Å²) in [5.41, 5.74) is 8.76. The van der Waals surface area contributed by atoms with Crippen molar-refractivity contribution in [2.24, 2.45) is 5.16 Å². The van der Waals surface area contributed by atoms with E-state index in [4.69, 9.17) is 31.6 Å². The zero-order valence-corrected chi connectivity index (χ0v) is 22.4. The lowest BCUT2D eigenvalue weighted by atomic mass is 9.70. The van der Waals surface area contributed by atoms with E-state index in [9.17, 15) is 4.79 Å². The van der Waals surface area contributed by atoms with Crippen LogP contribution in [0.25, 0.3) is 11.3 Å². The highest BCUT2D eigenvalue weighted by Gasteiger charge is 2.42. The molecule has 0 saturated heterocycles. The highest BCUT2D eigenvalue weighted by atomic mass is 35.5. The Morgan fingerprint density at radius 1 is 1.19 bits per heavy atom. The Bertz CT molecular complexity index is 1180. The van der Waals surface area contributed by atoms with Crippen molar-refractivity contribution < 1.29 is 19.1 Å². The Morgan fingerprint density at radius 3 is 2.53 bits per heavy atom. The first-order valence-corrected chi connectivity index (χ1v) is 12.5. The molecule has 1 saturated carbocycles. The fourth-order valence-corrected chi connectivity index (χ4v) is 5.28. The van der Waals surface area contributed by atoms with Gasteiger partial charge in [-0.3, -0.25) is 0 Å². The number of fused-ring (bicyclic) bond motifs is 3. The fraction of sp³-hybridized carbons (Fsp3) is 0.538. The summed E-state index contributed by atoms with van der Waals surface area (Å²) in [5, 5.41) is 7.80. The van der Waals surface area contributed by atoms with Crippen molar-refractivity contribution in [3.05, 3.63) is 34.6 Å². The third-order valence-corrected chi connectivity index (χ3v) is 6.83. The van der Waals surface area contributed by atoms with Crippen molar-refractivity contribution in [2.75, 3.05) is 12.8 Å². The first-order valence-electron chi connectivity index (χ1n) is 12.1. The van der Waals surface area contributed by atoms with Gasteiger partial charge in [0, 0.05) is 28.1 Å². The van der Waals surface area contributed by atoms with E-state index >= 15 is 0 Å². The van der Waals surface area contributed by atoms with Crippen molar-refractivity contribution in [1.82, 2.24) is 15.3 Å². The SMILES string of the molecule is CO/N=C1\c2cc(O[C@H]3CC[C@H](NC(=O)OC(C)(C)C)CC3)cc(Cl)c2-c2ncnc(N)c2C1(C)C. The molecule has 0 radical (unpaired) electrons. The summed E-state index contributed by atoms with van der Waals surface area (Å²) in [6.07, 6.45) is 4.26. The molecule has 0 atom stereocenters. The zero-order valence-electron chi connectivity index (χ0n) is 21.6. The molecule has 10 heteroatoms. The molecular weight excluding hydrogens is 482 g/mol. The Balaban J connectivity index is 1.55. The van der Waals surface area contributed by atoms with Crippen LogP contribution < -0.4 is 15.8 Å². The number of carbonyl (C=O) groups excluding carboxylic acids is 1. The fourth-order valence-electron chi connectivity index (χ4n) is 4.98. The number of ether oxygens (including phenoxy) is 2. The van der Waals surface area contributed by atoms with E-state index in [1.165, 1.54) is 13.4 Å². The summed E-state index contributed by atoms with van der Waals surface area (Å²) in [4.78, 5) is 26.0. The smallest absolute Gasteiger partial charge is 0.407 e. The van der Waals surface area contributed by atoms with Crippen LogP contribution in [0, 0.1) is 0 Å². The molecular formula is C26H34ClN5O4. The maximum atomic E-state index is 12.1. The number of nitrogen functional groups attached to an aromatic ring is 1. The first kappa shape index (κ1) is 26.0. The van der Waals surface area contributed by atoms with Crippen LogP contribution in [0.4, 0.5) is 10.6 Å². The molecule has 9 nitrogen and oxygen atoms in total. The number of anilines is 1. The Kier molecular flexibility index (Phi) is 7.05. The minimum Gasteiger partial charge on any atom is -0.490 e. The Labute approximate surface area is 216 Å². The Hall–Kier alpha value is -3.07. The van der Waals surface area contributed by atoms with Crippen LogP contribution in [0.1, 0.15) is 71.4 Å². The lowest BCUT2D eigenvalue weighted by Crippen LogP contribution is -2.42. The predicted octanol–water partition coefficient (Wildman–Crippen LogP) is 5.24. The van der Waals surface area contributed by atoms with Gasteiger partial charge < -0.3 is 25.4 Å². The van der Waals surface area contributed by atoms with Crippen LogP contribution in [-0.2, 0) is 15.0 Å². The number of hydrogen-bond acceptors (Lipinski definition) is 8. The number of oxime groups is 1. The molecule has 0 bridgehead atoms. The second kappa shape index (κ2) is 9.76. The van der Waals surface area contributed by atoms with Gasteiger partial charge in [-0.15, -0.1) is 0 Å². The van der Waals surface area contributed by atoms with Crippen LogP contribution in [0.15, 0.2) is 23.6 Å². The molecule has 194 valence electrons. The number of nitrogens with zero attached hydrogens (tertiary/aromatic N) is 3. The predicted molar refractivity (Wildman–Crippen MR) is 140 cm³/mol. The van der Waals surface area contributed by atoms with Crippen molar-refractivity contribution in [3.8, 4) is 17.0 Å². The van der Waals surface area contributed by atoms with Gasteiger partial charge in [-0.2, -0.15) is 0 Å². The highest BCUT2D eigenvalue weighted by Crippen LogP contribution is 2.48. The molecule has 2 aliphatic carbocycles. The highest BCUT2D eigenvalue weighted by molar-refractivity contribution is 6.35. The van der Waals surface area contributed by atoms with E-state index < -0.39 is 11.0 Å². The van der Waals surface area contributed by atoms with Gasteiger partial charge in [0.1, 0.15) is 30.6 Å². The van der Waals surface area contributed by atoms with Crippen molar-refractivity contribution in [3.63, 3.8) is 0 Å². The van der Waals surface area contributed by atoms with Crippen molar-refractivity contribution in [1.29, 1.82) is 0 Å². The molecule has 1 fully saturated rings. The third kappa shape index (κ3) is 5.21. The van der Waals surface area contributed by atoms with Gasteiger partial charge in [0.15, 0.2) is 0 Å². The third-order valence-electron chi connectivity index (χ3n) is 6.53. The maximum Gasteiger partial charge on any atom is 0.407 e. The zero-order chi connectivity index (χ0) is 26.3. The number of nitrogens with one attached hydrogen (secondary N) is 1. The van der Waals surface area contributed by atoms with Gasteiger partial charge in [0.05, 0.1) is 22.5 Å². The number of benzene rings is 1. The van der Waals surface area contributed by atoms with E-state index in [0.29, 0.717) is 28.0 Å². The minimum atomic E-state index is -0.614. The molecule has 1 heterocycles. The molecule has 3 N–H and O–H groups in total. The average Bonchev–Trinajstić information content (AvgIpc) is 2.76. The summed E-state index contributed by atoms with van der Waals surface area (Å²) in [6.45, 7) is 9.57. The number of aromatic nitrogens is 2.